The Bertz CT molecular complexity index is 686. The molecular weight excluding hydrogens is 263 g/mol. The molecule has 2 aromatic rings. The summed E-state index contributed by atoms with van der Waals surface area (Å²) in [5, 5.41) is 13.1. The average Bonchev–Trinajstić information content (AvgIpc) is 2.43. The lowest BCUT2D eigenvalue weighted by atomic mass is 10.1. The number of nitrogens with one attached hydrogen (secondary N) is 1. The molecule has 0 aliphatic carbocycles. The van der Waals surface area contributed by atoms with Gasteiger partial charge in [-0.15, -0.1) is 0 Å². The Morgan fingerprint density at radius 2 is 2.00 bits per heavy atom. The van der Waals surface area contributed by atoms with Crippen LogP contribution in [0.4, 0.5) is 15.8 Å². The number of non-ortho nitro benzene ring substituents is 1. The van der Waals surface area contributed by atoms with Crippen molar-refractivity contribution in [1.29, 1.82) is 0 Å². The van der Waals surface area contributed by atoms with Crippen molar-refractivity contribution >= 4 is 17.3 Å². The molecule has 0 unspecified atom stereocenters. The Balaban J connectivity index is 2.21. The normalized spacial score (nSPS) is 10.1. The molecule has 1 N–H and O–H groups in total. The first-order valence-electron chi connectivity index (χ1n) is 5.79. The van der Waals surface area contributed by atoms with Crippen LogP contribution >= 0.6 is 0 Å². The number of nitrogens with zero attached hydrogens (tertiary/aromatic N) is 1. The van der Waals surface area contributed by atoms with Gasteiger partial charge < -0.3 is 5.32 Å². The van der Waals surface area contributed by atoms with E-state index >= 15 is 0 Å². The van der Waals surface area contributed by atoms with Gasteiger partial charge in [0.2, 0.25) is 0 Å². The van der Waals surface area contributed by atoms with Crippen molar-refractivity contribution in [2.75, 3.05) is 5.32 Å². The molecule has 0 aromatic heterocycles. The molecule has 102 valence electrons. The molecule has 0 atom stereocenters. The number of amides is 1. The first-order chi connectivity index (χ1) is 9.47. The molecule has 20 heavy (non-hydrogen) atoms. The van der Waals surface area contributed by atoms with Crippen LogP contribution in [0, 0.1) is 22.9 Å². The molecule has 1 amide bonds. The van der Waals surface area contributed by atoms with Crippen LogP contribution in [0.25, 0.3) is 0 Å². The zero-order valence-corrected chi connectivity index (χ0v) is 10.6. The van der Waals surface area contributed by atoms with E-state index in [-0.39, 0.29) is 11.3 Å². The molecular formula is C14H11FN2O3. The number of halogens is 1. The van der Waals surface area contributed by atoms with Crippen molar-refractivity contribution in [3.05, 3.63) is 69.5 Å². The van der Waals surface area contributed by atoms with Gasteiger partial charge in [-0.1, -0.05) is 12.1 Å². The third kappa shape index (κ3) is 2.97. The van der Waals surface area contributed by atoms with E-state index in [1.165, 1.54) is 30.3 Å². The molecule has 2 aromatic carbocycles. The van der Waals surface area contributed by atoms with E-state index in [1.807, 2.05) is 0 Å². The van der Waals surface area contributed by atoms with Crippen LogP contribution < -0.4 is 5.32 Å². The molecule has 0 radical (unpaired) electrons. The predicted molar refractivity (Wildman–Crippen MR) is 72.2 cm³/mol. The van der Waals surface area contributed by atoms with Gasteiger partial charge in [-0.25, -0.2) is 4.39 Å². The summed E-state index contributed by atoms with van der Waals surface area (Å²) in [4.78, 5) is 22.0. The molecule has 0 bridgehead atoms. The molecule has 0 aliphatic rings. The van der Waals surface area contributed by atoms with Crippen LogP contribution in [0.15, 0.2) is 42.5 Å². The number of hydrogen-bond acceptors (Lipinski definition) is 3. The van der Waals surface area contributed by atoms with E-state index in [0.717, 1.165) is 0 Å². The number of hydrogen-bond donors (Lipinski definition) is 1. The molecule has 0 fully saturated rings. The Hall–Kier alpha value is -2.76. The van der Waals surface area contributed by atoms with E-state index in [1.54, 1.807) is 19.1 Å². The fourth-order valence-corrected chi connectivity index (χ4v) is 1.63. The number of aryl methyl sites for hydroxylation is 1. The van der Waals surface area contributed by atoms with Crippen LogP contribution in [0.3, 0.4) is 0 Å². The number of carbonyl (C=O) groups is 1. The summed E-state index contributed by atoms with van der Waals surface area (Å²) in [6.07, 6.45) is 0. The van der Waals surface area contributed by atoms with Gasteiger partial charge in [0.1, 0.15) is 5.82 Å². The molecule has 2 rings (SSSR count). The number of nitro benzene ring substituents is 1. The molecule has 6 heteroatoms. The quantitative estimate of drug-likeness (QED) is 0.689. The topological polar surface area (TPSA) is 72.2 Å². The molecule has 0 aliphatic heterocycles. The second-order valence-electron chi connectivity index (χ2n) is 4.23. The smallest absolute Gasteiger partial charge is 0.270 e. The number of carbonyl (C=O) groups excluding carboxylic acids is 1. The summed E-state index contributed by atoms with van der Waals surface area (Å²) in [6, 6.07) is 9.63. The van der Waals surface area contributed by atoms with E-state index < -0.39 is 16.6 Å². The summed E-state index contributed by atoms with van der Waals surface area (Å²) in [5.41, 5.74) is 0.732. The Labute approximate surface area is 114 Å². The maximum absolute atomic E-state index is 13.4. The van der Waals surface area contributed by atoms with Gasteiger partial charge >= 0.3 is 0 Å². The summed E-state index contributed by atoms with van der Waals surface area (Å²) in [7, 11) is 0. The summed E-state index contributed by atoms with van der Waals surface area (Å²) in [5.74, 6) is -0.959. The van der Waals surface area contributed by atoms with Crippen LogP contribution in [-0.2, 0) is 0 Å². The van der Waals surface area contributed by atoms with Crippen molar-refractivity contribution < 1.29 is 14.1 Å². The largest absolute Gasteiger partial charge is 0.322 e. The minimum absolute atomic E-state index is 0.139. The van der Waals surface area contributed by atoms with Gasteiger partial charge in [0, 0.05) is 23.4 Å². The van der Waals surface area contributed by atoms with Crippen molar-refractivity contribution in [1.82, 2.24) is 0 Å². The lowest BCUT2D eigenvalue weighted by Crippen LogP contribution is -2.12. The molecule has 0 spiro atoms. The highest BCUT2D eigenvalue weighted by atomic mass is 19.1. The molecule has 0 heterocycles. The maximum Gasteiger partial charge on any atom is 0.270 e. The highest BCUT2D eigenvalue weighted by Crippen LogP contribution is 2.17. The van der Waals surface area contributed by atoms with E-state index in [9.17, 15) is 19.3 Å². The van der Waals surface area contributed by atoms with Gasteiger partial charge in [-0.05, 0) is 30.7 Å². The number of nitro groups is 1. The van der Waals surface area contributed by atoms with Crippen molar-refractivity contribution in [2.45, 2.75) is 6.92 Å². The number of anilines is 1. The van der Waals surface area contributed by atoms with Crippen LogP contribution in [0.5, 0.6) is 0 Å². The second-order valence-corrected chi connectivity index (χ2v) is 4.23. The summed E-state index contributed by atoms with van der Waals surface area (Å²) < 4.78 is 13.4. The first kappa shape index (κ1) is 13.7. The van der Waals surface area contributed by atoms with Crippen LogP contribution in [-0.4, -0.2) is 10.8 Å². The molecule has 0 saturated heterocycles. The van der Waals surface area contributed by atoms with E-state index in [0.29, 0.717) is 11.3 Å². The third-order valence-electron chi connectivity index (χ3n) is 2.75. The van der Waals surface area contributed by atoms with Gasteiger partial charge in [0.05, 0.1) is 4.92 Å². The van der Waals surface area contributed by atoms with Crippen molar-refractivity contribution in [3.8, 4) is 0 Å². The monoisotopic (exact) mass is 274 g/mol. The Morgan fingerprint density at radius 3 is 2.65 bits per heavy atom. The van der Waals surface area contributed by atoms with E-state index in [4.69, 9.17) is 0 Å². The van der Waals surface area contributed by atoms with Crippen LogP contribution in [0.1, 0.15) is 15.9 Å². The summed E-state index contributed by atoms with van der Waals surface area (Å²) in [6.45, 7) is 1.61. The number of benzene rings is 2. The SMILES string of the molecule is Cc1ccc(NC(=O)c2cccc([N+](=O)[O-])c2)cc1F. The van der Waals surface area contributed by atoms with Crippen molar-refractivity contribution in [2.24, 2.45) is 0 Å². The van der Waals surface area contributed by atoms with Crippen molar-refractivity contribution in [3.63, 3.8) is 0 Å². The molecule has 5 nitrogen and oxygen atoms in total. The van der Waals surface area contributed by atoms with Gasteiger partial charge in [0.25, 0.3) is 11.6 Å². The van der Waals surface area contributed by atoms with Gasteiger partial charge in [-0.2, -0.15) is 0 Å². The lowest BCUT2D eigenvalue weighted by Gasteiger charge is -2.06. The van der Waals surface area contributed by atoms with E-state index in [2.05, 4.69) is 5.32 Å². The Kier molecular flexibility index (Phi) is 3.74. The zero-order valence-electron chi connectivity index (χ0n) is 10.6. The minimum atomic E-state index is -0.581. The predicted octanol–water partition coefficient (Wildman–Crippen LogP) is 3.29. The summed E-state index contributed by atoms with van der Waals surface area (Å²) >= 11 is 0. The van der Waals surface area contributed by atoms with Crippen LogP contribution in [0.2, 0.25) is 0 Å². The highest BCUT2D eigenvalue weighted by molar-refractivity contribution is 6.04. The Morgan fingerprint density at radius 1 is 1.25 bits per heavy atom. The standard InChI is InChI=1S/C14H11FN2O3/c1-9-5-6-11(8-13(9)15)16-14(18)10-3-2-4-12(7-10)17(19)20/h2-8H,1H3,(H,16,18). The fraction of sp³-hybridized carbons (Fsp3) is 0.0714. The third-order valence-corrected chi connectivity index (χ3v) is 2.75. The zero-order chi connectivity index (χ0) is 14.7. The minimum Gasteiger partial charge on any atom is -0.322 e. The highest BCUT2D eigenvalue weighted by Gasteiger charge is 2.12. The lowest BCUT2D eigenvalue weighted by molar-refractivity contribution is -0.384. The fourth-order valence-electron chi connectivity index (χ4n) is 1.63. The second kappa shape index (κ2) is 5.48. The van der Waals surface area contributed by atoms with Gasteiger partial charge in [-0.3, -0.25) is 14.9 Å². The maximum atomic E-state index is 13.4. The first-order valence-corrected chi connectivity index (χ1v) is 5.79. The molecule has 0 saturated carbocycles. The average molecular weight is 274 g/mol. The number of rotatable bonds is 3. The van der Waals surface area contributed by atoms with Gasteiger partial charge in [0.15, 0.2) is 0 Å².